The predicted octanol–water partition coefficient (Wildman–Crippen LogP) is 2.01. The molecular weight excluding hydrogens is 321 g/mol. The Labute approximate surface area is 128 Å². The van der Waals surface area contributed by atoms with Crippen LogP contribution in [-0.2, 0) is 9.59 Å². The van der Waals surface area contributed by atoms with Crippen LogP contribution in [0.2, 0.25) is 0 Å². The van der Waals surface area contributed by atoms with Gasteiger partial charge in [-0.2, -0.15) is 13.2 Å². The molecular formula is C12H15F3N4O2S. The van der Waals surface area contributed by atoms with Gasteiger partial charge in [0, 0.05) is 18.9 Å². The van der Waals surface area contributed by atoms with E-state index in [1.165, 1.54) is 11.3 Å². The van der Waals surface area contributed by atoms with Gasteiger partial charge in [0.15, 0.2) is 0 Å². The molecule has 1 aromatic rings. The van der Waals surface area contributed by atoms with E-state index in [1.54, 1.807) is 0 Å². The SMILES string of the molecule is CC(C)c1nnc(NC(=O)C2CC(=O)N(CC(F)(F)F)C2)s1. The molecule has 10 heteroatoms. The Morgan fingerprint density at radius 1 is 1.45 bits per heavy atom. The third kappa shape index (κ3) is 4.15. The highest BCUT2D eigenvalue weighted by atomic mass is 32.1. The quantitative estimate of drug-likeness (QED) is 0.913. The minimum absolute atomic E-state index is 0.165. The molecule has 0 bridgehead atoms. The number of nitrogens with one attached hydrogen (secondary N) is 1. The molecule has 0 saturated carbocycles. The summed E-state index contributed by atoms with van der Waals surface area (Å²) in [5.41, 5.74) is 0. The molecule has 0 radical (unpaired) electrons. The number of hydrogen-bond acceptors (Lipinski definition) is 5. The third-order valence-corrected chi connectivity index (χ3v) is 4.26. The number of alkyl halides is 3. The van der Waals surface area contributed by atoms with Crippen molar-refractivity contribution in [1.82, 2.24) is 15.1 Å². The zero-order valence-electron chi connectivity index (χ0n) is 12.0. The van der Waals surface area contributed by atoms with E-state index in [0.29, 0.717) is 4.90 Å². The van der Waals surface area contributed by atoms with Gasteiger partial charge in [-0.15, -0.1) is 10.2 Å². The van der Waals surface area contributed by atoms with Gasteiger partial charge in [0.2, 0.25) is 16.9 Å². The van der Waals surface area contributed by atoms with Crippen molar-refractivity contribution in [2.24, 2.45) is 5.92 Å². The monoisotopic (exact) mass is 336 g/mol. The van der Waals surface area contributed by atoms with E-state index in [0.717, 1.165) is 5.01 Å². The summed E-state index contributed by atoms with van der Waals surface area (Å²) in [5, 5.41) is 11.2. The van der Waals surface area contributed by atoms with Crippen molar-refractivity contribution in [2.45, 2.75) is 32.4 Å². The summed E-state index contributed by atoms with van der Waals surface area (Å²) in [7, 11) is 0. The van der Waals surface area contributed by atoms with E-state index in [9.17, 15) is 22.8 Å². The molecule has 0 aliphatic carbocycles. The highest BCUT2D eigenvalue weighted by Gasteiger charge is 2.40. The maximum Gasteiger partial charge on any atom is 0.406 e. The van der Waals surface area contributed by atoms with Crippen molar-refractivity contribution in [2.75, 3.05) is 18.4 Å². The average Bonchev–Trinajstić information content (AvgIpc) is 2.96. The molecule has 1 aliphatic heterocycles. The topological polar surface area (TPSA) is 75.2 Å². The molecule has 1 N–H and O–H groups in total. The molecule has 1 unspecified atom stereocenters. The van der Waals surface area contributed by atoms with E-state index < -0.39 is 30.5 Å². The number of carbonyl (C=O) groups excluding carboxylic acids is 2. The average molecular weight is 336 g/mol. The lowest BCUT2D eigenvalue weighted by molar-refractivity contribution is -0.157. The first kappa shape index (κ1) is 16.7. The Hall–Kier alpha value is -1.71. The van der Waals surface area contributed by atoms with Crippen LogP contribution in [0.1, 0.15) is 31.2 Å². The number of hydrogen-bond donors (Lipinski definition) is 1. The first-order valence-electron chi connectivity index (χ1n) is 6.64. The highest BCUT2D eigenvalue weighted by molar-refractivity contribution is 7.15. The minimum atomic E-state index is -4.47. The lowest BCUT2D eigenvalue weighted by Crippen LogP contribution is -2.36. The van der Waals surface area contributed by atoms with Crippen LogP contribution in [-0.4, -0.2) is 46.2 Å². The zero-order chi connectivity index (χ0) is 16.5. The molecule has 122 valence electrons. The van der Waals surface area contributed by atoms with Gasteiger partial charge in [0.1, 0.15) is 11.6 Å². The molecule has 1 aromatic heterocycles. The van der Waals surface area contributed by atoms with Crippen LogP contribution < -0.4 is 5.32 Å². The molecule has 1 aliphatic rings. The molecule has 0 spiro atoms. The number of carbonyl (C=O) groups is 2. The molecule has 0 aromatic carbocycles. The van der Waals surface area contributed by atoms with Gasteiger partial charge in [0.05, 0.1) is 5.92 Å². The summed E-state index contributed by atoms with van der Waals surface area (Å²) >= 11 is 1.21. The molecule has 2 rings (SSSR count). The molecule has 6 nitrogen and oxygen atoms in total. The normalized spacial score (nSPS) is 19.1. The van der Waals surface area contributed by atoms with Crippen LogP contribution in [0.3, 0.4) is 0 Å². The Balaban J connectivity index is 1.94. The number of anilines is 1. The van der Waals surface area contributed by atoms with Crippen LogP contribution in [0, 0.1) is 5.92 Å². The third-order valence-electron chi connectivity index (χ3n) is 3.12. The fourth-order valence-electron chi connectivity index (χ4n) is 2.04. The first-order chi connectivity index (χ1) is 10.2. The van der Waals surface area contributed by atoms with Crippen molar-refractivity contribution in [3.8, 4) is 0 Å². The van der Waals surface area contributed by atoms with E-state index in [-0.39, 0.29) is 24.0 Å². The van der Waals surface area contributed by atoms with Gasteiger partial charge in [0.25, 0.3) is 0 Å². The van der Waals surface area contributed by atoms with Gasteiger partial charge < -0.3 is 10.2 Å². The Morgan fingerprint density at radius 2 is 2.14 bits per heavy atom. The fraction of sp³-hybridized carbons (Fsp3) is 0.667. The van der Waals surface area contributed by atoms with Crippen LogP contribution in [0.5, 0.6) is 0 Å². The Morgan fingerprint density at radius 3 is 2.68 bits per heavy atom. The van der Waals surface area contributed by atoms with E-state index >= 15 is 0 Å². The van der Waals surface area contributed by atoms with Gasteiger partial charge in [-0.05, 0) is 0 Å². The summed E-state index contributed by atoms with van der Waals surface area (Å²) in [6, 6.07) is 0. The largest absolute Gasteiger partial charge is 0.406 e. The van der Waals surface area contributed by atoms with Crippen LogP contribution >= 0.6 is 11.3 Å². The van der Waals surface area contributed by atoms with Crippen LogP contribution in [0.15, 0.2) is 0 Å². The second-order valence-corrected chi connectivity index (χ2v) is 6.39. The number of aromatic nitrogens is 2. The lowest BCUT2D eigenvalue weighted by atomic mass is 10.1. The molecule has 2 amide bonds. The van der Waals surface area contributed by atoms with Gasteiger partial charge in [-0.3, -0.25) is 9.59 Å². The maximum atomic E-state index is 12.3. The highest BCUT2D eigenvalue weighted by Crippen LogP contribution is 2.26. The fourth-order valence-corrected chi connectivity index (χ4v) is 2.79. The number of halogens is 3. The van der Waals surface area contributed by atoms with Crippen molar-refractivity contribution in [1.29, 1.82) is 0 Å². The summed E-state index contributed by atoms with van der Waals surface area (Å²) in [5.74, 6) is -1.82. The van der Waals surface area contributed by atoms with Crippen molar-refractivity contribution in [3.63, 3.8) is 0 Å². The molecule has 1 fully saturated rings. The smallest absolute Gasteiger partial charge is 0.333 e. The summed E-state index contributed by atoms with van der Waals surface area (Å²) in [6.45, 7) is 2.29. The minimum Gasteiger partial charge on any atom is -0.333 e. The molecule has 1 atom stereocenters. The second-order valence-electron chi connectivity index (χ2n) is 5.38. The van der Waals surface area contributed by atoms with E-state index in [1.807, 2.05) is 13.8 Å². The van der Waals surface area contributed by atoms with Gasteiger partial charge in [-0.1, -0.05) is 25.2 Å². The Bertz CT molecular complexity index is 573. The van der Waals surface area contributed by atoms with Gasteiger partial charge >= 0.3 is 6.18 Å². The first-order valence-corrected chi connectivity index (χ1v) is 7.46. The van der Waals surface area contributed by atoms with Gasteiger partial charge in [-0.25, -0.2) is 0 Å². The molecule has 2 heterocycles. The van der Waals surface area contributed by atoms with Crippen molar-refractivity contribution >= 4 is 28.3 Å². The number of rotatable bonds is 4. The molecule has 1 saturated heterocycles. The van der Waals surface area contributed by atoms with Crippen LogP contribution in [0.25, 0.3) is 0 Å². The van der Waals surface area contributed by atoms with Crippen molar-refractivity contribution < 1.29 is 22.8 Å². The van der Waals surface area contributed by atoms with Crippen LogP contribution in [0.4, 0.5) is 18.3 Å². The van der Waals surface area contributed by atoms with E-state index in [2.05, 4.69) is 15.5 Å². The summed E-state index contributed by atoms with van der Waals surface area (Å²) in [4.78, 5) is 24.2. The lowest BCUT2D eigenvalue weighted by Gasteiger charge is -2.18. The summed E-state index contributed by atoms with van der Waals surface area (Å²) < 4.78 is 37.0. The summed E-state index contributed by atoms with van der Waals surface area (Å²) in [6.07, 6.45) is -4.69. The molecule has 22 heavy (non-hydrogen) atoms. The Kier molecular flexibility index (Phi) is 4.69. The number of amides is 2. The number of likely N-dealkylation sites (tertiary alicyclic amines) is 1. The zero-order valence-corrected chi connectivity index (χ0v) is 12.8. The maximum absolute atomic E-state index is 12.3. The standard InChI is InChI=1S/C12H15F3N4O2S/c1-6(2)10-17-18-11(22-10)16-9(21)7-3-8(20)19(4-7)5-12(13,14)15/h6-7H,3-5H2,1-2H3,(H,16,18,21). The second kappa shape index (κ2) is 6.19. The van der Waals surface area contributed by atoms with Crippen molar-refractivity contribution in [3.05, 3.63) is 5.01 Å². The predicted molar refractivity (Wildman–Crippen MR) is 73.4 cm³/mol. The number of nitrogens with zero attached hydrogens (tertiary/aromatic N) is 3. The van der Waals surface area contributed by atoms with E-state index in [4.69, 9.17) is 0 Å².